The van der Waals surface area contributed by atoms with Gasteiger partial charge in [-0.1, -0.05) is 33.6 Å². The highest BCUT2D eigenvalue weighted by Gasteiger charge is 2.11. The Labute approximate surface area is 104 Å². The third kappa shape index (κ3) is 4.67. The second-order valence-corrected chi connectivity index (χ2v) is 6.20. The summed E-state index contributed by atoms with van der Waals surface area (Å²) in [6.45, 7) is 10.0. The van der Waals surface area contributed by atoms with Gasteiger partial charge in [0.2, 0.25) is 0 Å². The van der Waals surface area contributed by atoms with E-state index in [1.807, 2.05) is 11.3 Å². The Balaban J connectivity index is 2.47. The zero-order chi connectivity index (χ0) is 12.0. The molecule has 0 saturated carbocycles. The van der Waals surface area contributed by atoms with Gasteiger partial charge in [-0.25, -0.2) is 0 Å². The first-order chi connectivity index (χ1) is 7.63. The van der Waals surface area contributed by atoms with Crippen molar-refractivity contribution >= 4 is 11.3 Å². The quantitative estimate of drug-likeness (QED) is 0.737. The molecule has 0 aromatic carbocycles. The van der Waals surface area contributed by atoms with Gasteiger partial charge in [-0.3, -0.25) is 0 Å². The Morgan fingerprint density at radius 1 is 1.25 bits per heavy atom. The lowest BCUT2D eigenvalue weighted by molar-refractivity contribution is 0.459. The zero-order valence-electron chi connectivity index (χ0n) is 11.0. The van der Waals surface area contributed by atoms with Gasteiger partial charge in [0, 0.05) is 15.8 Å². The van der Waals surface area contributed by atoms with Crippen LogP contribution in [0, 0.1) is 12.8 Å². The minimum Gasteiger partial charge on any atom is -0.310 e. The molecule has 1 aromatic rings. The lowest BCUT2D eigenvalue weighted by Gasteiger charge is -2.16. The maximum atomic E-state index is 3.60. The van der Waals surface area contributed by atoms with E-state index in [2.05, 4.69) is 45.1 Å². The van der Waals surface area contributed by atoms with Crippen LogP contribution in [0.1, 0.15) is 55.8 Å². The van der Waals surface area contributed by atoms with E-state index < -0.39 is 0 Å². The molecular formula is C14H25NS. The molecule has 92 valence electrons. The van der Waals surface area contributed by atoms with Gasteiger partial charge >= 0.3 is 0 Å². The Bertz CT molecular complexity index is 291. The van der Waals surface area contributed by atoms with Gasteiger partial charge in [-0.05, 0) is 37.9 Å². The Kier molecular flexibility index (Phi) is 6.07. The van der Waals surface area contributed by atoms with Gasteiger partial charge in [0.25, 0.3) is 0 Å². The zero-order valence-corrected chi connectivity index (χ0v) is 11.9. The third-order valence-corrected chi connectivity index (χ3v) is 3.94. The normalized spacial score (nSPS) is 13.3. The van der Waals surface area contributed by atoms with Gasteiger partial charge in [0.1, 0.15) is 0 Å². The van der Waals surface area contributed by atoms with Gasteiger partial charge in [-0.15, -0.1) is 11.3 Å². The molecule has 0 fully saturated rings. The molecule has 1 heterocycles. The van der Waals surface area contributed by atoms with Crippen molar-refractivity contribution in [3.8, 4) is 0 Å². The molecule has 1 unspecified atom stereocenters. The summed E-state index contributed by atoms with van der Waals surface area (Å²) in [6, 6.07) is 5.08. The summed E-state index contributed by atoms with van der Waals surface area (Å²) in [5.74, 6) is 0.826. The number of thiophene rings is 1. The molecule has 0 aliphatic rings. The van der Waals surface area contributed by atoms with Crippen LogP contribution in [0.15, 0.2) is 12.1 Å². The number of hydrogen-bond donors (Lipinski definition) is 1. The van der Waals surface area contributed by atoms with Gasteiger partial charge in [0.05, 0.1) is 0 Å². The molecule has 0 bridgehead atoms. The van der Waals surface area contributed by atoms with Gasteiger partial charge in [-0.2, -0.15) is 0 Å². The number of nitrogens with one attached hydrogen (secondary N) is 1. The lowest BCUT2D eigenvalue weighted by atomic mass is 10.0. The molecule has 0 aliphatic heterocycles. The molecule has 1 atom stereocenters. The first-order valence-corrected chi connectivity index (χ1v) is 7.24. The Morgan fingerprint density at radius 2 is 2.00 bits per heavy atom. The number of rotatable bonds is 7. The Morgan fingerprint density at radius 3 is 2.50 bits per heavy atom. The minimum absolute atomic E-state index is 0.572. The molecule has 1 aromatic heterocycles. The van der Waals surface area contributed by atoms with E-state index in [-0.39, 0.29) is 0 Å². The molecule has 1 rings (SSSR count). The van der Waals surface area contributed by atoms with Crippen LogP contribution in [-0.4, -0.2) is 6.54 Å². The molecule has 0 aliphatic carbocycles. The second kappa shape index (κ2) is 7.08. The van der Waals surface area contributed by atoms with E-state index in [4.69, 9.17) is 0 Å². The predicted molar refractivity (Wildman–Crippen MR) is 74.2 cm³/mol. The van der Waals surface area contributed by atoms with Crippen molar-refractivity contribution in [1.29, 1.82) is 0 Å². The standard InChI is InChI=1S/C14H25NS/c1-5-15-13(8-6-7-11(2)3)14-10-9-12(4)16-14/h9-11,13,15H,5-8H2,1-4H3. The smallest absolute Gasteiger partial charge is 0.0414 e. The topological polar surface area (TPSA) is 12.0 Å². The van der Waals surface area contributed by atoms with Crippen LogP contribution in [0.2, 0.25) is 0 Å². The van der Waals surface area contributed by atoms with Crippen LogP contribution in [0.25, 0.3) is 0 Å². The SMILES string of the molecule is CCNC(CCCC(C)C)c1ccc(C)s1. The predicted octanol–water partition coefficient (Wildman–Crippen LogP) is 4.53. The first kappa shape index (κ1) is 13.7. The third-order valence-electron chi connectivity index (χ3n) is 2.83. The van der Waals surface area contributed by atoms with Crippen LogP contribution >= 0.6 is 11.3 Å². The fraction of sp³-hybridized carbons (Fsp3) is 0.714. The molecule has 2 heteroatoms. The van der Waals surface area contributed by atoms with Crippen molar-refractivity contribution < 1.29 is 0 Å². The van der Waals surface area contributed by atoms with Crippen molar-refractivity contribution in [3.05, 3.63) is 21.9 Å². The highest BCUT2D eigenvalue weighted by atomic mass is 32.1. The van der Waals surface area contributed by atoms with Crippen molar-refractivity contribution in [3.63, 3.8) is 0 Å². The number of hydrogen-bond acceptors (Lipinski definition) is 2. The summed E-state index contributed by atoms with van der Waals surface area (Å²) in [6.07, 6.45) is 3.94. The van der Waals surface area contributed by atoms with E-state index in [1.165, 1.54) is 29.0 Å². The maximum absolute atomic E-state index is 3.60. The summed E-state index contributed by atoms with van der Waals surface area (Å²) < 4.78 is 0. The average Bonchev–Trinajstić information content (AvgIpc) is 2.63. The molecule has 1 N–H and O–H groups in total. The summed E-state index contributed by atoms with van der Waals surface area (Å²) in [7, 11) is 0. The van der Waals surface area contributed by atoms with Crippen LogP contribution in [0.4, 0.5) is 0 Å². The van der Waals surface area contributed by atoms with E-state index in [1.54, 1.807) is 0 Å². The highest BCUT2D eigenvalue weighted by molar-refractivity contribution is 7.12. The molecule has 0 spiro atoms. The van der Waals surface area contributed by atoms with Gasteiger partial charge in [0.15, 0.2) is 0 Å². The van der Waals surface area contributed by atoms with Crippen LogP contribution in [-0.2, 0) is 0 Å². The number of aryl methyl sites for hydroxylation is 1. The van der Waals surface area contributed by atoms with E-state index >= 15 is 0 Å². The largest absolute Gasteiger partial charge is 0.310 e. The van der Waals surface area contributed by atoms with E-state index in [9.17, 15) is 0 Å². The van der Waals surface area contributed by atoms with Crippen LogP contribution in [0.5, 0.6) is 0 Å². The average molecular weight is 239 g/mol. The van der Waals surface area contributed by atoms with Crippen molar-refractivity contribution in [1.82, 2.24) is 5.32 Å². The first-order valence-electron chi connectivity index (χ1n) is 6.43. The van der Waals surface area contributed by atoms with E-state index in [0.717, 1.165) is 12.5 Å². The molecule has 0 amide bonds. The fourth-order valence-electron chi connectivity index (χ4n) is 1.96. The molecule has 0 radical (unpaired) electrons. The monoisotopic (exact) mass is 239 g/mol. The summed E-state index contributed by atoms with van der Waals surface area (Å²) in [5.41, 5.74) is 0. The molecule has 0 saturated heterocycles. The van der Waals surface area contributed by atoms with Crippen molar-refractivity contribution in [2.45, 2.75) is 53.0 Å². The summed E-state index contributed by atoms with van der Waals surface area (Å²) in [5, 5.41) is 3.60. The fourth-order valence-corrected chi connectivity index (χ4v) is 2.95. The second-order valence-electron chi connectivity index (χ2n) is 4.88. The Hall–Kier alpha value is -0.340. The maximum Gasteiger partial charge on any atom is 0.0414 e. The molecular weight excluding hydrogens is 214 g/mol. The lowest BCUT2D eigenvalue weighted by Crippen LogP contribution is -2.20. The van der Waals surface area contributed by atoms with Crippen LogP contribution in [0.3, 0.4) is 0 Å². The summed E-state index contributed by atoms with van der Waals surface area (Å²) >= 11 is 1.93. The van der Waals surface area contributed by atoms with Crippen molar-refractivity contribution in [2.75, 3.05) is 6.54 Å². The van der Waals surface area contributed by atoms with E-state index in [0.29, 0.717) is 6.04 Å². The molecule has 16 heavy (non-hydrogen) atoms. The minimum atomic E-state index is 0.572. The van der Waals surface area contributed by atoms with Crippen molar-refractivity contribution in [2.24, 2.45) is 5.92 Å². The van der Waals surface area contributed by atoms with Crippen LogP contribution < -0.4 is 5.32 Å². The summed E-state index contributed by atoms with van der Waals surface area (Å²) in [4.78, 5) is 2.92. The molecule has 1 nitrogen and oxygen atoms in total. The van der Waals surface area contributed by atoms with Gasteiger partial charge < -0.3 is 5.32 Å². The highest BCUT2D eigenvalue weighted by Crippen LogP contribution is 2.27.